The number of benzene rings is 2. The van der Waals surface area contributed by atoms with Crippen LogP contribution in [-0.4, -0.2) is 261 Å². The van der Waals surface area contributed by atoms with Crippen molar-refractivity contribution in [1.82, 2.24) is 26.2 Å². The Kier molecular flexibility index (Phi) is 41.5. The number of hydrogen-bond acceptors (Lipinski definition) is 22. The third-order valence-electron chi connectivity index (χ3n) is 11.2. The van der Waals surface area contributed by atoms with E-state index in [0.717, 1.165) is 4.90 Å². The number of amides is 7. The summed E-state index contributed by atoms with van der Waals surface area (Å²) in [6.07, 6.45) is 1.83. The summed E-state index contributed by atoms with van der Waals surface area (Å²) >= 11 is 0. The minimum Gasteiger partial charge on any atom is -0.492 e. The molecule has 0 bridgehead atoms. The average Bonchev–Trinajstić information content (AvgIpc) is 4.02. The minimum atomic E-state index is -1.46. The number of nitrogens with zero attached hydrogens (tertiary/aromatic N) is 2. The van der Waals surface area contributed by atoms with Gasteiger partial charge in [-0.2, -0.15) is 0 Å². The number of hydrogen-bond donors (Lipinski definition) is 8. The number of carbonyl (C=O) groups excluding carboxylic acids is 7. The van der Waals surface area contributed by atoms with Gasteiger partial charge in [0.1, 0.15) is 18.4 Å². The third kappa shape index (κ3) is 39.2. The van der Waals surface area contributed by atoms with Crippen LogP contribution in [0.25, 0.3) is 0 Å². The zero-order chi connectivity index (χ0) is 62.8. The van der Waals surface area contributed by atoms with Crippen molar-refractivity contribution in [3.63, 3.8) is 0 Å². The second kappa shape index (κ2) is 48.8. The van der Waals surface area contributed by atoms with Crippen molar-refractivity contribution in [3.8, 4) is 5.75 Å². The summed E-state index contributed by atoms with van der Waals surface area (Å²) in [7, 11) is 0. The van der Waals surface area contributed by atoms with Gasteiger partial charge in [-0.05, 0) is 42.5 Å². The number of aliphatic imine (C=N–C) groups is 1. The van der Waals surface area contributed by atoms with Crippen LogP contribution < -0.4 is 42.8 Å². The molecule has 31 nitrogen and oxygen atoms in total. The summed E-state index contributed by atoms with van der Waals surface area (Å²) < 4.78 is 71.4. The lowest BCUT2D eigenvalue weighted by Crippen LogP contribution is -2.48. The molecule has 1 atom stereocenters. The maximum atomic E-state index is 12.9. The molecule has 2 aromatic carbocycles. The van der Waals surface area contributed by atoms with Crippen LogP contribution in [0.3, 0.4) is 0 Å². The van der Waals surface area contributed by atoms with E-state index < -0.39 is 54.5 Å². The molecule has 10 N–H and O–H groups in total. The van der Waals surface area contributed by atoms with Crippen molar-refractivity contribution in [2.45, 2.75) is 25.3 Å². The van der Waals surface area contributed by atoms with Gasteiger partial charge in [0.25, 0.3) is 17.7 Å². The molecule has 0 radical (unpaired) electrons. The van der Waals surface area contributed by atoms with E-state index in [1.165, 1.54) is 36.4 Å². The molecule has 0 aromatic heterocycles. The lowest BCUT2D eigenvalue weighted by molar-refractivity contribution is -0.140. The first-order valence-corrected chi connectivity index (χ1v) is 28.3. The first kappa shape index (κ1) is 74.0. The van der Waals surface area contributed by atoms with Crippen molar-refractivity contribution >= 4 is 64.7 Å². The molecule has 0 unspecified atom stereocenters. The first-order valence-electron chi connectivity index (χ1n) is 28.3. The molecule has 1 heterocycles. The summed E-state index contributed by atoms with van der Waals surface area (Å²) in [6.45, 7) is 9.75. The van der Waals surface area contributed by atoms with Crippen LogP contribution in [0.1, 0.15) is 29.6 Å². The predicted molar refractivity (Wildman–Crippen MR) is 310 cm³/mol. The van der Waals surface area contributed by atoms with E-state index in [4.69, 9.17) is 73.0 Å². The molecule has 486 valence electrons. The molecule has 1 aliphatic rings. The summed E-state index contributed by atoms with van der Waals surface area (Å²) in [4.78, 5) is 101. The van der Waals surface area contributed by atoms with Gasteiger partial charge in [0.05, 0.1) is 184 Å². The molecule has 3 rings (SSSR count). The Hall–Kier alpha value is -7.27. The lowest BCUT2D eigenvalue weighted by Gasteiger charge is -2.17. The van der Waals surface area contributed by atoms with Gasteiger partial charge in [-0.3, -0.25) is 43.3 Å². The highest BCUT2D eigenvalue weighted by atomic mass is 16.6. The molecule has 0 saturated heterocycles. The summed E-state index contributed by atoms with van der Waals surface area (Å²) in [5.41, 5.74) is 11.5. The number of ether oxygens (including phenoxy) is 13. The fourth-order valence-corrected chi connectivity index (χ4v) is 6.97. The number of carbonyl (C=O) groups is 8. The van der Waals surface area contributed by atoms with E-state index in [9.17, 15) is 43.5 Å². The topological polar surface area (TPSA) is 405 Å². The highest BCUT2D eigenvalue weighted by molar-refractivity contribution is 6.13. The summed E-state index contributed by atoms with van der Waals surface area (Å²) in [5, 5.41) is 22.0. The van der Waals surface area contributed by atoms with E-state index in [1.807, 2.05) is 0 Å². The molecular weight excluding hydrogens is 1150 g/mol. The van der Waals surface area contributed by atoms with Gasteiger partial charge in [0.2, 0.25) is 23.6 Å². The summed E-state index contributed by atoms with van der Waals surface area (Å²) in [5.74, 6) is -4.64. The number of anilines is 1. The number of rotatable bonds is 55. The Bertz CT molecular complexity index is 2350. The van der Waals surface area contributed by atoms with E-state index in [2.05, 4.69) is 31.6 Å². The molecular formula is C56H85N9O22. The summed E-state index contributed by atoms with van der Waals surface area (Å²) in [6, 6.07) is 10.7. The van der Waals surface area contributed by atoms with Crippen LogP contribution >= 0.6 is 0 Å². The number of guanidine groups is 1. The Morgan fingerprint density at radius 1 is 0.506 bits per heavy atom. The van der Waals surface area contributed by atoms with E-state index >= 15 is 0 Å². The SMILES string of the molecule is NC(N)=Nc1cccc(C(=O)NCC(=O)N[C@@H](CC(=O)O)C(=O)Nc2ccc(OCCNC(=O)CCOCCOCCOCCOCCOCCOCCOCCOCCOCCOCCOCCOCCNC(=O)CCN3C(=O)C=CC3=O)cc2)c1. The smallest absolute Gasteiger partial charge is 0.305 e. The fraction of sp³-hybridized carbons (Fsp3) is 0.589. The van der Waals surface area contributed by atoms with Gasteiger partial charge in [-0.25, -0.2) is 4.99 Å². The molecule has 0 aliphatic carbocycles. The lowest BCUT2D eigenvalue weighted by atomic mass is 10.1. The van der Waals surface area contributed by atoms with Gasteiger partial charge in [-0.1, -0.05) is 6.07 Å². The molecule has 0 fully saturated rings. The average molecular weight is 1240 g/mol. The monoisotopic (exact) mass is 1240 g/mol. The standard InChI is InChI=1S/C56H85N9O22/c57-56(58)63-45-3-1-2-43(40-45)54(73)61-42-50(68)64-47(41-53(71)72)55(74)62-44-4-6-46(7-5-44)87-17-13-60-49(67)11-15-75-18-20-77-22-24-79-26-28-81-30-32-83-34-36-85-38-39-86-37-35-84-33-31-82-29-27-80-25-23-78-21-19-76-16-12-59-48(66)10-14-65-51(69)8-9-52(65)70/h1-9,40,47H,10-39,41-42H2,(H,59,66)(H,60,67)(H,61,73)(H,62,74)(H,64,68)(H,71,72)(H4,57,58,63)/t47-/m0/s1. The number of nitrogens with one attached hydrogen (secondary N) is 5. The molecule has 7 amide bonds. The third-order valence-corrected chi connectivity index (χ3v) is 11.2. The van der Waals surface area contributed by atoms with Gasteiger partial charge in [0.15, 0.2) is 5.96 Å². The van der Waals surface area contributed by atoms with Crippen LogP contribution in [0.5, 0.6) is 5.75 Å². The van der Waals surface area contributed by atoms with Crippen molar-refractivity contribution in [2.24, 2.45) is 16.5 Å². The number of carboxylic acids is 1. The van der Waals surface area contributed by atoms with E-state index in [-0.39, 0.29) is 62.5 Å². The van der Waals surface area contributed by atoms with Crippen LogP contribution in [0.4, 0.5) is 11.4 Å². The van der Waals surface area contributed by atoms with Crippen molar-refractivity contribution < 1.29 is 105 Å². The van der Waals surface area contributed by atoms with Gasteiger partial charge in [-0.15, -0.1) is 0 Å². The van der Waals surface area contributed by atoms with E-state index in [0.29, 0.717) is 176 Å². The van der Waals surface area contributed by atoms with Gasteiger partial charge >= 0.3 is 5.97 Å². The van der Waals surface area contributed by atoms with Crippen molar-refractivity contribution in [1.29, 1.82) is 0 Å². The second-order valence-corrected chi connectivity index (χ2v) is 18.1. The Morgan fingerprint density at radius 3 is 1.38 bits per heavy atom. The Balaban J connectivity index is 0.980. The maximum Gasteiger partial charge on any atom is 0.305 e. The van der Waals surface area contributed by atoms with Crippen LogP contribution in [0, 0.1) is 0 Å². The zero-order valence-corrected chi connectivity index (χ0v) is 49.0. The normalized spacial score (nSPS) is 12.2. The Morgan fingerprint density at radius 2 is 0.931 bits per heavy atom. The molecule has 31 heteroatoms. The van der Waals surface area contributed by atoms with Gasteiger partial charge < -0.3 is 105 Å². The van der Waals surface area contributed by atoms with Crippen LogP contribution in [-0.2, 0) is 90.4 Å². The quantitative estimate of drug-likeness (QED) is 0.0161. The Labute approximate surface area is 504 Å². The number of imide groups is 1. The number of carboxylic acid groups (broad SMARTS) is 1. The highest BCUT2D eigenvalue weighted by Crippen LogP contribution is 2.17. The first-order chi connectivity index (χ1) is 42.3. The largest absolute Gasteiger partial charge is 0.492 e. The van der Waals surface area contributed by atoms with Crippen molar-refractivity contribution in [3.05, 3.63) is 66.2 Å². The van der Waals surface area contributed by atoms with Crippen molar-refractivity contribution in [2.75, 3.05) is 197 Å². The second-order valence-electron chi connectivity index (χ2n) is 18.1. The molecule has 0 saturated carbocycles. The highest BCUT2D eigenvalue weighted by Gasteiger charge is 2.25. The predicted octanol–water partition coefficient (Wildman–Crippen LogP) is -1.56. The number of aliphatic carboxylic acids is 1. The molecule has 0 spiro atoms. The molecule has 87 heavy (non-hydrogen) atoms. The van der Waals surface area contributed by atoms with Crippen LogP contribution in [0.2, 0.25) is 0 Å². The van der Waals surface area contributed by atoms with Crippen LogP contribution in [0.15, 0.2) is 65.7 Å². The maximum absolute atomic E-state index is 12.9. The minimum absolute atomic E-state index is 0.0353. The van der Waals surface area contributed by atoms with Gasteiger partial charge in [0, 0.05) is 49.3 Å². The molecule has 1 aliphatic heterocycles. The number of nitrogens with two attached hydrogens (primary N) is 2. The van der Waals surface area contributed by atoms with E-state index in [1.54, 1.807) is 24.3 Å². The fourth-order valence-electron chi connectivity index (χ4n) is 6.97. The molecule has 2 aromatic rings. The zero-order valence-electron chi connectivity index (χ0n) is 49.0.